The van der Waals surface area contributed by atoms with E-state index in [2.05, 4.69) is 54.3 Å². The Morgan fingerprint density at radius 3 is 2.82 bits per heavy atom. The molecule has 1 aromatic rings. The van der Waals surface area contributed by atoms with E-state index in [-0.39, 0.29) is 0 Å². The average molecular weight is 249 g/mol. The first kappa shape index (κ1) is 13.0. The summed E-state index contributed by atoms with van der Waals surface area (Å²) < 4.78 is 0. The van der Waals surface area contributed by atoms with Gasteiger partial charge < -0.3 is 5.32 Å². The molecule has 0 saturated heterocycles. The van der Waals surface area contributed by atoms with Crippen molar-refractivity contribution in [1.29, 1.82) is 0 Å². The molecule has 17 heavy (non-hydrogen) atoms. The molecule has 0 spiro atoms. The second-order valence-electron chi connectivity index (χ2n) is 4.72. The average Bonchev–Trinajstić information content (AvgIpc) is 2.79. The van der Waals surface area contributed by atoms with Crippen molar-refractivity contribution in [1.82, 2.24) is 5.32 Å². The van der Waals surface area contributed by atoms with Crippen LogP contribution in [0.25, 0.3) is 0 Å². The van der Waals surface area contributed by atoms with Gasteiger partial charge in [-0.05, 0) is 37.1 Å². The van der Waals surface area contributed by atoms with E-state index in [1.807, 2.05) is 0 Å². The number of nitrogens with one attached hydrogen (secondary N) is 1. The summed E-state index contributed by atoms with van der Waals surface area (Å²) in [4.78, 5) is 0. The molecule has 2 atom stereocenters. The highest BCUT2D eigenvalue weighted by molar-refractivity contribution is 7.99. The van der Waals surface area contributed by atoms with Crippen molar-refractivity contribution in [3.63, 3.8) is 0 Å². The molecule has 1 fully saturated rings. The summed E-state index contributed by atoms with van der Waals surface area (Å²) in [5, 5.41) is 4.60. The van der Waals surface area contributed by atoms with Crippen LogP contribution in [0.1, 0.15) is 31.7 Å². The van der Waals surface area contributed by atoms with Gasteiger partial charge in [0.1, 0.15) is 0 Å². The first-order valence-electron chi connectivity index (χ1n) is 6.79. The molecule has 1 N–H and O–H groups in total. The SMILES string of the molecule is CCSC1CCCC1NCCc1ccccc1. The molecule has 2 unspecified atom stereocenters. The number of thioether (sulfide) groups is 1. The minimum absolute atomic E-state index is 0.753. The molecular weight excluding hydrogens is 226 g/mol. The topological polar surface area (TPSA) is 12.0 Å². The Kier molecular flexibility index (Phi) is 5.40. The molecular formula is C15H23NS. The minimum atomic E-state index is 0.753. The minimum Gasteiger partial charge on any atom is -0.313 e. The van der Waals surface area contributed by atoms with Gasteiger partial charge in [0, 0.05) is 11.3 Å². The summed E-state index contributed by atoms with van der Waals surface area (Å²) in [6.07, 6.45) is 5.33. The maximum atomic E-state index is 3.74. The zero-order valence-corrected chi connectivity index (χ0v) is 11.5. The van der Waals surface area contributed by atoms with Gasteiger partial charge in [-0.25, -0.2) is 0 Å². The van der Waals surface area contributed by atoms with Crippen molar-refractivity contribution >= 4 is 11.8 Å². The summed E-state index contributed by atoms with van der Waals surface area (Å²) in [7, 11) is 0. The van der Waals surface area contributed by atoms with Gasteiger partial charge in [-0.3, -0.25) is 0 Å². The van der Waals surface area contributed by atoms with Gasteiger partial charge in [0.25, 0.3) is 0 Å². The van der Waals surface area contributed by atoms with Crippen molar-refractivity contribution < 1.29 is 0 Å². The number of hydrogen-bond donors (Lipinski definition) is 1. The van der Waals surface area contributed by atoms with Crippen LogP contribution in [0, 0.1) is 0 Å². The second-order valence-corrected chi connectivity index (χ2v) is 6.24. The molecule has 1 aliphatic carbocycles. The maximum Gasteiger partial charge on any atom is 0.0201 e. The Morgan fingerprint density at radius 2 is 2.06 bits per heavy atom. The summed E-state index contributed by atoms with van der Waals surface area (Å²) in [6, 6.07) is 11.5. The van der Waals surface area contributed by atoms with Crippen LogP contribution in [-0.4, -0.2) is 23.6 Å². The third kappa shape index (κ3) is 4.04. The van der Waals surface area contributed by atoms with Crippen molar-refractivity contribution in [2.24, 2.45) is 0 Å². The van der Waals surface area contributed by atoms with E-state index in [0.717, 1.165) is 24.3 Å². The molecule has 2 rings (SSSR count). The Labute approximate surface area is 109 Å². The summed E-state index contributed by atoms with van der Waals surface area (Å²) >= 11 is 2.13. The molecule has 0 bridgehead atoms. The van der Waals surface area contributed by atoms with E-state index in [0.29, 0.717) is 0 Å². The number of rotatable bonds is 6. The zero-order valence-electron chi connectivity index (χ0n) is 10.7. The molecule has 1 aliphatic rings. The van der Waals surface area contributed by atoms with E-state index in [4.69, 9.17) is 0 Å². The van der Waals surface area contributed by atoms with Crippen LogP contribution < -0.4 is 5.32 Å². The Morgan fingerprint density at radius 1 is 1.24 bits per heavy atom. The first-order chi connectivity index (χ1) is 8.40. The van der Waals surface area contributed by atoms with Crippen LogP contribution in [0.3, 0.4) is 0 Å². The normalized spacial score (nSPS) is 24.1. The van der Waals surface area contributed by atoms with Crippen LogP contribution in [-0.2, 0) is 6.42 Å². The predicted octanol–water partition coefficient (Wildman–Crippen LogP) is 3.49. The molecule has 2 heteroatoms. The van der Waals surface area contributed by atoms with Gasteiger partial charge in [0.15, 0.2) is 0 Å². The predicted molar refractivity (Wildman–Crippen MR) is 77.7 cm³/mol. The van der Waals surface area contributed by atoms with E-state index < -0.39 is 0 Å². The quantitative estimate of drug-likeness (QED) is 0.828. The Balaban J connectivity index is 1.71. The van der Waals surface area contributed by atoms with Crippen LogP contribution in [0.2, 0.25) is 0 Å². The van der Waals surface area contributed by atoms with Crippen molar-refractivity contribution in [3.05, 3.63) is 35.9 Å². The highest BCUT2D eigenvalue weighted by Gasteiger charge is 2.26. The summed E-state index contributed by atoms with van der Waals surface area (Å²) in [5.41, 5.74) is 1.44. The smallest absolute Gasteiger partial charge is 0.0201 e. The number of benzene rings is 1. The molecule has 1 saturated carbocycles. The number of hydrogen-bond acceptors (Lipinski definition) is 2. The van der Waals surface area contributed by atoms with E-state index in [9.17, 15) is 0 Å². The van der Waals surface area contributed by atoms with Gasteiger partial charge in [-0.2, -0.15) is 11.8 Å². The highest BCUT2D eigenvalue weighted by Crippen LogP contribution is 2.29. The van der Waals surface area contributed by atoms with Crippen molar-refractivity contribution in [2.45, 2.75) is 43.9 Å². The van der Waals surface area contributed by atoms with Crippen LogP contribution in [0.5, 0.6) is 0 Å². The fourth-order valence-electron chi connectivity index (χ4n) is 2.62. The lowest BCUT2D eigenvalue weighted by atomic mass is 10.1. The first-order valence-corrected chi connectivity index (χ1v) is 7.84. The van der Waals surface area contributed by atoms with Crippen molar-refractivity contribution in [3.8, 4) is 0 Å². The molecule has 0 aromatic heterocycles. The molecule has 1 nitrogen and oxygen atoms in total. The Hall–Kier alpha value is -0.470. The van der Waals surface area contributed by atoms with E-state index in [1.54, 1.807) is 0 Å². The molecule has 0 heterocycles. The summed E-state index contributed by atoms with van der Waals surface area (Å²) in [5.74, 6) is 1.25. The highest BCUT2D eigenvalue weighted by atomic mass is 32.2. The van der Waals surface area contributed by atoms with E-state index >= 15 is 0 Å². The third-order valence-electron chi connectivity index (χ3n) is 3.50. The van der Waals surface area contributed by atoms with Crippen LogP contribution >= 0.6 is 11.8 Å². The van der Waals surface area contributed by atoms with Crippen LogP contribution in [0.15, 0.2) is 30.3 Å². The molecule has 0 aliphatic heterocycles. The van der Waals surface area contributed by atoms with E-state index in [1.165, 1.54) is 30.6 Å². The third-order valence-corrected chi connectivity index (χ3v) is 4.82. The molecule has 0 amide bonds. The molecule has 94 valence electrons. The van der Waals surface area contributed by atoms with Gasteiger partial charge in [0.05, 0.1) is 0 Å². The van der Waals surface area contributed by atoms with Gasteiger partial charge >= 0.3 is 0 Å². The monoisotopic (exact) mass is 249 g/mol. The molecule has 0 radical (unpaired) electrons. The van der Waals surface area contributed by atoms with Gasteiger partial charge in [-0.15, -0.1) is 0 Å². The Bertz CT molecular complexity index is 312. The lowest BCUT2D eigenvalue weighted by Gasteiger charge is -2.20. The van der Waals surface area contributed by atoms with Gasteiger partial charge in [-0.1, -0.05) is 43.7 Å². The van der Waals surface area contributed by atoms with Crippen LogP contribution in [0.4, 0.5) is 0 Å². The second kappa shape index (κ2) is 7.07. The van der Waals surface area contributed by atoms with Gasteiger partial charge in [0.2, 0.25) is 0 Å². The standard InChI is InChI=1S/C15H23NS/c1-2-17-15-10-6-9-14(15)16-12-11-13-7-4-3-5-8-13/h3-5,7-8,14-16H,2,6,9-12H2,1H3. The fraction of sp³-hybridized carbons (Fsp3) is 0.600. The lowest BCUT2D eigenvalue weighted by molar-refractivity contribution is 0.535. The largest absolute Gasteiger partial charge is 0.313 e. The lowest BCUT2D eigenvalue weighted by Crippen LogP contribution is -2.35. The fourth-order valence-corrected chi connectivity index (χ4v) is 3.85. The summed E-state index contributed by atoms with van der Waals surface area (Å²) in [6.45, 7) is 3.39. The van der Waals surface area contributed by atoms with Crippen molar-refractivity contribution in [2.75, 3.05) is 12.3 Å². The molecule has 1 aromatic carbocycles. The zero-order chi connectivity index (χ0) is 11.9. The maximum absolute atomic E-state index is 3.74.